The molecule has 2 heterocycles. The van der Waals surface area contributed by atoms with Crippen LogP contribution < -0.4 is 5.32 Å². The van der Waals surface area contributed by atoms with Crippen LogP contribution in [0.25, 0.3) is 0 Å². The molecule has 114 valence electrons. The number of aromatic amines is 1. The van der Waals surface area contributed by atoms with E-state index >= 15 is 0 Å². The van der Waals surface area contributed by atoms with Crippen LogP contribution in [0, 0.1) is 11.3 Å². The van der Waals surface area contributed by atoms with Gasteiger partial charge < -0.3 is 20.3 Å². The molecule has 7 nitrogen and oxygen atoms in total. The van der Waals surface area contributed by atoms with Gasteiger partial charge in [-0.25, -0.2) is 14.6 Å². The highest BCUT2D eigenvalue weighted by Crippen LogP contribution is 2.51. The molecular weight excluding hydrogens is 272 g/mol. The van der Waals surface area contributed by atoms with Crippen LogP contribution in [0.4, 0.5) is 4.79 Å². The number of H-pyrrole nitrogens is 1. The number of carboxylic acid groups (broad SMARTS) is 1. The van der Waals surface area contributed by atoms with E-state index in [1.807, 2.05) is 0 Å². The Bertz CT molecular complexity index is 581. The van der Waals surface area contributed by atoms with Gasteiger partial charge in [-0.15, -0.1) is 0 Å². The first kappa shape index (κ1) is 13.9. The first-order valence-electron chi connectivity index (χ1n) is 7.17. The fraction of sp³-hybridized carbons (Fsp3) is 0.643. The fourth-order valence-corrected chi connectivity index (χ4v) is 2.91. The van der Waals surface area contributed by atoms with Gasteiger partial charge in [-0.05, 0) is 17.8 Å². The number of nitrogens with one attached hydrogen (secondary N) is 2. The Morgan fingerprint density at radius 1 is 1.57 bits per heavy atom. The van der Waals surface area contributed by atoms with Gasteiger partial charge in [0.25, 0.3) is 0 Å². The van der Waals surface area contributed by atoms with Gasteiger partial charge in [0, 0.05) is 13.0 Å². The summed E-state index contributed by atoms with van der Waals surface area (Å²) < 4.78 is 0. The minimum atomic E-state index is -0.995. The molecule has 3 rings (SSSR count). The van der Waals surface area contributed by atoms with Gasteiger partial charge in [0.1, 0.15) is 6.04 Å². The van der Waals surface area contributed by atoms with Gasteiger partial charge in [-0.2, -0.15) is 0 Å². The second kappa shape index (κ2) is 4.75. The van der Waals surface area contributed by atoms with E-state index in [2.05, 4.69) is 29.1 Å². The minimum absolute atomic E-state index is 0.247. The van der Waals surface area contributed by atoms with E-state index in [0.717, 1.165) is 17.8 Å². The normalized spacial score (nSPS) is 26.1. The highest BCUT2D eigenvalue weighted by atomic mass is 16.4. The molecule has 1 fully saturated rings. The van der Waals surface area contributed by atoms with E-state index < -0.39 is 12.0 Å². The third-order valence-electron chi connectivity index (χ3n) is 4.66. The van der Waals surface area contributed by atoms with Crippen molar-refractivity contribution in [2.45, 2.75) is 39.3 Å². The number of fused-ring (bicyclic) bond motifs is 1. The number of hydrogen-bond acceptors (Lipinski definition) is 3. The lowest BCUT2D eigenvalue weighted by atomic mass is 10.0. The molecule has 0 bridgehead atoms. The van der Waals surface area contributed by atoms with Crippen molar-refractivity contribution in [3.05, 3.63) is 17.7 Å². The summed E-state index contributed by atoms with van der Waals surface area (Å²) in [5, 5.41) is 12.2. The molecule has 0 spiro atoms. The molecule has 1 aromatic rings. The Labute approximate surface area is 122 Å². The zero-order valence-electron chi connectivity index (χ0n) is 12.2. The molecule has 0 radical (unpaired) electrons. The van der Waals surface area contributed by atoms with Gasteiger partial charge >= 0.3 is 12.0 Å². The standard InChI is InChI=1S/C14H20N4O3/c1-14(2)4-8(14)5-15-13(21)18-6-10-9(16-7-17-10)3-11(18)12(19)20/h7-8,11H,3-6H2,1-2H3,(H,15,21)(H,16,17)(H,19,20). The van der Waals surface area contributed by atoms with E-state index in [-0.39, 0.29) is 24.4 Å². The summed E-state index contributed by atoms with van der Waals surface area (Å²) in [7, 11) is 0. The van der Waals surface area contributed by atoms with Crippen LogP contribution in [0.2, 0.25) is 0 Å². The Kier molecular flexibility index (Phi) is 3.15. The fourth-order valence-electron chi connectivity index (χ4n) is 2.91. The van der Waals surface area contributed by atoms with Gasteiger partial charge in [0.15, 0.2) is 0 Å². The van der Waals surface area contributed by atoms with Crippen LogP contribution >= 0.6 is 0 Å². The SMILES string of the molecule is CC1(C)CC1CNC(=O)N1Cc2[nH]cnc2CC1C(=O)O. The lowest BCUT2D eigenvalue weighted by molar-refractivity contribution is -0.142. The molecule has 1 aromatic heterocycles. The largest absolute Gasteiger partial charge is 0.480 e. The third kappa shape index (κ3) is 2.59. The summed E-state index contributed by atoms with van der Waals surface area (Å²) in [6.45, 7) is 5.19. The van der Waals surface area contributed by atoms with Crippen LogP contribution in [-0.4, -0.2) is 44.6 Å². The molecule has 1 aliphatic carbocycles. The van der Waals surface area contributed by atoms with Crippen LogP contribution in [0.15, 0.2) is 6.33 Å². The summed E-state index contributed by atoms with van der Waals surface area (Å²) in [6, 6.07) is -1.17. The molecule has 2 unspecified atom stereocenters. The van der Waals surface area contributed by atoms with Crippen molar-refractivity contribution in [2.24, 2.45) is 11.3 Å². The van der Waals surface area contributed by atoms with E-state index in [9.17, 15) is 14.7 Å². The summed E-state index contributed by atoms with van der Waals surface area (Å²) in [4.78, 5) is 32.1. The Hall–Kier alpha value is -2.05. The number of carbonyl (C=O) groups excluding carboxylic acids is 1. The first-order chi connectivity index (χ1) is 9.88. The number of hydrogen-bond donors (Lipinski definition) is 3. The molecule has 0 saturated heterocycles. The number of nitrogens with zero attached hydrogens (tertiary/aromatic N) is 2. The van der Waals surface area contributed by atoms with Crippen molar-refractivity contribution in [1.82, 2.24) is 20.2 Å². The maximum atomic E-state index is 12.3. The summed E-state index contributed by atoms with van der Waals surface area (Å²) in [6.07, 6.45) is 2.88. The number of imidazole rings is 1. The van der Waals surface area contributed by atoms with E-state index in [0.29, 0.717) is 12.5 Å². The number of carboxylic acids is 1. The third-order valence-corrected chi connectivity index (χ3v) is 4.66. The highest BCUT2D eigenvalue weighted by Gasteiger charge is 2.45. The van der Waals surface area contributed by atoms with Crippen molar-refractivity contribution in [3.63, 3.8) is 0 Å². The molecule has 7 heteroatoms. The number of carbonyl (C=O) groups is 2. The molecule has 2 amide bonds. The maximum Gasteiger partial charge on any atom is 0.326 e. The van der Waals surface area contributed by atoms with Crippen LogP contribution in [0.1, 0.15) is 31.7 Å². The molecular formula is C14H20N4O3. The summed E-state index contributed by atoms with van der Waals surface area (Å²) in [5.41, 5.74) is 1.84. The number of rotatable bonds is 3. The molecule has 2 atom stereocenters. The lowest BCUT2D eigenvalue weighted by Crippen LogP contribution is -2.52. The van der Waals surface area contributed by atoms with Crippen molar-refractivity contribution in [1.29, 1.82) is 0 Å². The Morgan fingerprint density at radius 3 is 2.90 bits per heavy atom. The second-order valence-corrected chi connectivity index (χ2v) is 6.59. The number of aliphatic carboxylic acids is 1. The predicted molar refractivity (Wildman–Crippen MR) is 74.5 cm³/mol. The van der Waals surface area contributed by atoms with E-state index in [1.165, 1.54) is 11.2 Å². The average Bonchev–Trinajstić information content (AvgIpc) is 2.85. The number of aromatic nitrogens is 2. The Balaban J connectivity index is 1.67. The molecule has 1 saturated carbocycles. The molecule has 21 heavy (non-hydrogen) atoms. The molecule has 3 N–H and O–H groups in total. The zero-order valence-corrected chi connectivity index (χ0v) is 12.2. The highest BCUT2D eigenvalue weighted by molar-refractivity contribution is 5.83. The van der Waals surface area contributed by atoms with Crippen LogP contribution in [-0.2, 0) is 17.8 Å². The average molecular weight is 292 g/mol. The number of urea groups is 1. The monoisotopic (exact) mass is 292 g/mol. The van der Waals surface area contributed by atoms with Crippen molar-refractivity contribution < 1.29 is 14.7 Å². The first-order valence-corrected chi connectivity index (χ1v) is 7.17. The second-order valence-electron chi connectivity index (χ2n) is 6.59. The predicted octanol–water partition coefficient (Wildman–Crippen LogP) is 0.977. The van der Waals surface area contributed by atoms with Gasteiger partial charge in [-0.1, -0.05) is 13.8 Å². The smallest absolute Gasteiger partial charge is 0.326 e. The molecule has 2 aliphatic rings. The van der Waals surface area contributed by atoms with Crippen molar-refractivity contribution in [2.75, 3.05) is 6.54 Å². The summed E-state index contributed by atoms with van der Waals surface area (Å²) in [5.74, 6) is -0.511. The van der Waals surface area contributed by atoms with E-state index in [4.69, 9.17) is 0 Å². The number of amides is 2. The molecule has 1 aliphatic heterocycles. The lowest BCUT2D eigenvalue weighted by Gasteiger charge is -2.32. The van der Waals surface area contributed by atoms with E-state index in [1.54, 1.807) is 0 Å². The quantitative estimate of drug-likeness (QED) is 0.773. The van der Waals surface area contributed by atoms with Crippen molar-refractivity contribution in [3.8, 4) is 0 Å². The topological polar surface area (TPSA) is 98.3 Å². The van der Waals surface area contributed by atoms with Gasteiger partial charge in [-0.3, -0.25) is 0 Å². The van der Waals surface area contributed by atoms with Crippen molar-refractivity contribution >= 4 is 12.0 Å². The van der Waals surface area contributed by atoms with Gasteiger partial charge in [0.05, 0.1) is 24.3 Å². The van der Waals surface area contributed by atoms with Crippen LogP contribution in [0.5, 0.6) is 0 Å². The Morgan fingerprint density at radius 2 is 2.29 bits per heavy atom. The van der Waals surface area contributed by atoms with Crippen LogP contribution in [0.3, 0.4) is 0 Å². The van der Waals surface area contributed by atoms with Gasteiger partial charge in [0.2, 0.25) is 0 Å². The summed E-state index contributed by atoms with van der Waals surface area (Å²) >= 11 is 0. The zero-order chi connectivity index (χ0) is 15.2. The molecule has 0 aromatic carbocycles. The minimum Gasteiger partial charge on any atom is -0.480 e. The maximum absolute atomic E-state index is 12.3.